The van der Waals surface area contributed by atoms with E-state index in [0.29, 0.717) is 34.7 Å². The molecule has 0 radical (unpaired) electrons. The first-order valence-corrected chi connectivity index (χ1v) is 9.80. The van der Waals surface area contributed by atoms with Gasteiger partial charge in [0.25, 0.3) is 5.91 Å². The maximum atomic E-state index is 12.3. The lowest BCUT2D eigenvalue weighted by molar-refractivity contribution is -0.118. The molecule has 0 saturated carbocycles. The van der Waals surface area contributed by atoms with Crippen molar-refractivity contribution in [3.05, 3.63) is 72.8 Å². The quantitative estimate of drug-likeness (QED) is 0.441. The number of anilines is 1. The number of methoxy groups -OCH3 is 2. The van der Waals surface area contributed by atoms with Gasteiger partial charge in [0.1, 0.15) is 17.2 Å². The van der Waals surface area contributed by atoms with Gasteiger partial charge in [-0.05, 0) is 48.5 Å². The summed E-state index contributed by atoms with van der Waals surface area (Å²) in [5.74, 6) is 2.20. The highest BCUT2D eigenvalue weighted by atomic mass is 16.5. The van der Waals surface area contributed by atoms with E-state index in [1.54, 1.807) is 49.6 Å². The predicted molar refractivity (Wildman–Crippen MR) is 119 cm³/mol. The molecule has 1 heterocycles. The zero-order valence-corrected chi connectivity index (χ0v) is 17.6. The molecule has 0 aliphatic carbocycles. The van der Waals surface area contributed by atoms with E-state index in [9.17, 15) is 4.79 Å². The highest BCUT2D eigenvalue weighted by Crippen LogP contribution is 2.29. The number of amides is 1. The molecule has 0 bridgehead atoms. The molecule has 162 valence electrons. The van der Waals surface area contributed by atoms with Gasteiger partial charge in [0.2, 0.25) is 11.8 Å². The van der Waals surface area contributed by atoms with Crippen LogP contribution in [0.25, 0.3) is 22.9 Å². The van der Waals surface area contributed by atoms with Crippen LogP contribution < -0.4 is 19.5 Å². The van der Waals surface area contributed by atoms with Crippen molar-refractivity contribution in [2.45, 2.75) is 0 Å². The average molecular weight is 431 g/mol. The standard InChI is InChI=1S/C24H21N3O5/c1-29-19-12-13-20(21(14-19)30-2)25-22(28)15-31-18-10-8-17(9-11-18)24-27-26-23(32-24)16-6-4-3-5-7-16/h3-14H,15H2,1-2H3,(H,25,28). The molecule has 4 rings (SSSR count). The number of aromatic nitrogens is 2. The smallest absolute Gasteiger partial charge is 0.262 e. The highest BCUT2D eigenvalue weighted by Gasteiger charge is 2.12. The lowest BCUT2D eigenvalue weighted by Crippen LogP contribution is -2.20. The number of rotatable bonds is 8. The number of hydrogen-bond donors (Lipinski definition) is 1. The van der Waals surface area contributed by atoms with E-state index in [1.165, 1.54) is 7.11 Å². The summed E-state index contributed by atoms with van der Waals surface area (Å²) in [6.45, 7) is -0.159. The third kappa shape index (κ3) is 4.86. The summed E-state index contributed by atoms with van der Waals surface area (Å²) in [6, 6.07) is 21.7. The van der Waals surface area contributed by atoms with Crippen molar-refractivity contribution in [1.29, 1.82) is 0 Å². The normalized spacial score (nSPS) is 10.4. The van der Waals surface area contributed by atoms with Gasteiger partial charge in [0.15, 0.2) is 6.61 Å². The fourth-order valence-electron chi connectivity index (χ4n) is 2.97. The zero-order chi connectivity index (χ0) is 22.3. The van der Waals surface area contributed by atoms with E-state index in [1.807, 2.05) is 30.3 Å². The first-order chi connectivity index (χ1) is 15.7. The number of benzene rings is 3. The Hall–Kier alpha value is -4.33. The maximum Gasteiger partial charge on any atom is 0.262 e. The molecule has 32 heavy (non-hydrogen) atoms. The van der Waals surface area contributed by atoms with Gasteiger partial charge in [-0.25, -0.2) is 0 Å². The van der Waals surface area contributed by atoms with Crippen LogP contribution in [0.3, 0.4) is 0 Å². The van der Waals surface area contributed by atoms with E-state index in [0.717, 1.165) is 11.1 Å². The fraction of sp³-hybridized carbons (Fsp3) is 0.125. The van der Waals surface area contributed by atoms with Crippen molar-refractivity contribution in [1.82, 2.24) is 10.2 Å². The molecule has 0 aliphatic rings. The minimum Gasteiger partial charge on any atom is -0.497 e. The van der Waals surface area contributed by atoms with Crippen molar-refractivity contribution < 1.29 is 23.4 Å². The third-order valence-corrected chi connectivity index (χ3v) is 4.60. The van der Waals surface area contributed by atoms with Crippen LogP contribution in [0.4, 0.5) is 5.69 Å². The molecule has 8 heteroatoms. The zero-order valence-electron chi connectivity index (χ0n) is 17.6. The molecule has 1 aromatic heterocycles. The number of ether oxygens (including phenoxy) is 3. The van der Waals surface area contributed by atoms with E-state index >= 15 is 0 Å². The van der Waals surface area contributed by atoms with E-state index in [4.69, 9.17) is 18.6 Å². The van der Waals surface area contributed by atoms with E-state index < -0.39 is 0 Å². The minimum absolute atomic E-state index is 0.159. The molecule has 0 saturated heterocycles. The summed E-state index contributed by atoms with van der Waals surface area (Å²) in [7, 11) is 3.08. The summed E-state index contributed by atoms with van der Waals surface area (Å²) >= 11 is 0. The average Bonchev–Trinajstić information content (AvgIpc) is 3.34. The minimum atomic E-state index is -0.318. The van der Waals surface area contributed by atoms with Crippen LogP contribution >= 0.6 is 0 Å². The molecule has 0 unspecified atom stereocenters. The summed E-state index contributed by atoms with van der Waals surface area (Å²) in [5.41, 5.74) is 2.13. The van der Waals surface area contributed by atoms with Gasteiger partial charge < -0.3 is 23.9 Å². The van der Waals surface area contributed by atoms with Gasteiger partial charge in [0, 0.05) is 17.2 Å². The molecular formula is C24H21N3O5. The Kier molecular flexibility index (Phi) is 6.31. The van der Waals surface area contributed by atoms with Crippen molar-refractivity contribution in [2.24, 2.45) is 0 Å². The Bertz CT molecular complexity index is 1190. The molecule has 0 fully saturated rings. The number of carbonyl (C=O) groups is 1. The van der Waals surface area contributed by atoms with Crippen molar-refractivity contribution in [3.8, 4) is 40.2 Å². The molecule has 4 aromatic rings. The lowest BCUT2D eigenvalue weighted by atomic mass is 10.2. The number of nitrogens with zero attached hydrogens (tertiary/aromatic N) is 2. The largest absolute Gasteiger partial charge is 0.497 e. The van der Waals surface area contributed by atoms with Crippen molar-refractivity contribution in [2.75, 3.05) is 26.1 Å². The fourth-order valence-corrected chi connectivity index (χ4v) is 2.97. The topological polar surface area (TPSA) is 95.7 Å². The number of nitrogens with one attached hydrogen (secondary N) is 1. The lowest BCUT2D eigenvalue weighted by Gasteiger charge is -2.12. The molecule has 1 N–H and O–H groups in total. The van der Waals surface area contributed by atoms with E-state index in [-0.39, 0.29) is 12.5 Å². The molecule has 3 aromatic carbocycles. The SMILES string of the molecule is COc1ccc(NC(=O)COc2ccc(-c3nnc(-c4ccccc4)o3)cc2)c(OC)c1. The van der Waals surface area contributed by atoms with E-state index in [2.05, 4.69) is 15.5 Å². The second-order valence-corrected chi connectivity index (χ2v) is 6.71. The summed E-state index contributed by atoms with van der Waals surface area (Å²) in [5, 5.41) is 11.0. The molecule has 0 atom stereocenters. The first kappa shape index (κ1) is 20.9. The maximum absolute atomic E-state index is 12.3. The second-order valence-electron chi connectivity index (χ2n) is 6.71. The Morgan fingerprint density at radius 2 is 1.50 bits per heavy atom. The first-order valence-electron chi connectivity index (χ1n) is 9.80. The van der Waals surface area contributed by atoms with Crippen LogP contribution in [0.15, 0.2) is 77.2 Å². The third-order valence-electron chi connectivity index (χ3n) is 4.60. The van der Waals surface area contributed by atoms with Gasteiger partial charge in [-0.1, -0.05) is 18.2 Å². The number of hydrogen-bond acceptors (Lipinski definition) is 7. The van der Waals surface area contributed by atoms with Crippen LogP contribution in [0, 0.1) is 0 Å². The monoisotopic (exact) mass is 431 g/mol. The predicted octanol–water partition coefficient (Wildman–Crippen LogP) is 4.44. The molecule has 8 nitrogen and oxygen atoms in total. The molecule has 1 amide bonds. The second kappa shape index (κ2) is 9.65. The van der Waals surface area contributed by atoms with Crippen LogP contribution in [-0.2, 0) is 4.79 Å². The Morgan fingerprint density at radius 3 is 2.16 bits per heavy atom. The van der Waals surface area contributed by atoms with Gasteiger partial charge in [-0.3, -0.25) is 4.79 Å². The van der Waals surface area contributed by atoms with Gasteiger partial charge in [-0.2, -0.15) is 0 Å². The van der Waals surface area contributed by atoms with Crippen molar-refractivity contribution >= 4 is 11.6 Å². The van der Waals surface area contributed by atoms with Crippen LogP contribution in [0.2, 0.25) is 0 Å². The Labute approximate surface area is 184 Å². The number of carbonyl (C=O) groups excluding carboxylic acids is 1. The van der Waals surface area contributed by atoms with Crippen molar-refractivity contribution in [3.63, 3.8) is 0 Å². The summed E-state index contributed by atoms with van der Waals surface area (Å²) in [6.07, 6.45) is 0. The summed E-state index contributed by atoms with van der Waals surface area (Å²) < 4.78 is 21.8. The van der Waals surface area contributed by atoms with Crippen LogP contribution in [0.5, 0.6) is 17.2 Å². The molecule has 0 spiro atoms. The molecule has 0 aliphatic heterocycles. The van der Waals surface area contributed by atoms with Crippen LogP contribution in [-0.4, -0.2) is 36.9 Å². The van der Waals surface area contributed by atoms with Gasteiger partial charge in [0.05, 0.1) is 19.9 Å². The highest BCUT2D eigenvalue weighted by molar-refractivity contribution is 5.93. The van der Waals surface area contributed by atoms with Gasteiger partial charge >= 0.3 is 0 Å². The summed E-state index contributed by atoms with van der Waals surface area (Å²) in [4.78, 5) is 12.3. The van der Waals surface area contributed by atoms with Gasteiger partial charge in [-0.15, -0.1) is 10.2 Å². The Morgan fingerprint density at radius 1 is 0.844 bits per heavy atom. The Balaban J connectivity index is 1.35. The van der Waals surface area contributed by atoms with Crippen LogP contribution in [0.1, 0.15) is 0 Å². The molecular weight excluding hydrogens is 410 g/mol.